The number of para-hydroxylation sites is 1. The highest BCUT2D eigenvalue weighted by atomic mass is 16.5. The van der Waals surface area contributed by atoms with Crippen LogP contribution in [-0.2, 0) is 17.4 Å². The zero-order chi connectivity index (χ0) is 17.4. The van der Waals surface area contributed by atoms with Crippen molar-refractivity contribution in [3.8, 4) is 6.07 Å². The van der Waals surface area contributed by atoms with Crippen LogP contribution in [0.4, 0.5) is 5.69 Å². The molecule has 4 rings (SSSR count). The molecule has 0 bridgehead atoms. The fourth-order valence-corrected chi connectivity index (χ4v) is 3.42. The molecule has 0 N–H and O–H groups in total. The van der Waals surface area contributed by atoms with Gasteiger partial charge in [0.25, 0.3) is 0 Å². The number of benzene rings is 1. The van der Waals surface area contributed by atoms with Crippen molar-refractivity contribution in [2.75, 3.05) is 24.6 Å². The first kappa shape index (κ1) is 15.6. The Hall–Kier alpha value is -2.91. The molecular formula is C19H19N5O. The Morgan fingerprint density at radius 2 is 2.16 bits per heavy atom. The van der Waals surface area contributed by atoms with Crippen LogP contribution in [-0.4, -0.2) is 34.5 Å². The quantitative estimate of drug-likeness (QED) is 0.721. The van der Waals surface area contributed by atoms with E-state index in [4.69, 9.17) is 4.74 Å². The van der Waals surface area contributed by atoms with E-state index in [9.17, 15) is 5.26 Å². The molecule has 1 unspecified atom stereocenters. The lowest BCUT2D eigenvalue weighted by Gasteiger charge is -2.41. The van der Waals surface area contributed by atoms with Gasteiger partial charge in [-0.15, -0.1) is 0 Å². The van der Waals surface area contributed by atoms with Gasteiger partial charge in [0.2, 0.25) is 0 Å². The summed E-state index contributed by atoms with van der Waals surface area (Å²) >= 11 is 0. The van der Waals surface area contributed by atoms with Crippen LogP contribution >= 0.6 is 0 Å². The lowest BCUT2D eigenvalue weighted by atomic mass is 9.96. The lowest BCUT2D eigenvalue weighted by molar-refractivity contribution is -0.0465. The molecule has 0 saturated carbocycles. The fraction of sp³-hybridized carbons (Fsp3) is 0.316. The number of hydrogen-bond donors (Lipinski definition) is 0. The summed E-state index contributed by atoms with van der Waals surface area (Å²) < 4.78 is 7.90. The third kappa shape index (κ3) is 2.73. The maximum absolute atomic E-state index is 9.34. The molecule has 1 aromatic carbocycles. The van der Waals surface area contributed by atoms with E-state index in [1.807, 2.05) is 43.7 Å². The number of ether oxygens (including phenoxy) is 1. The Kier molecular flexibility index (Phi) is 3.66. The van der Waals surface area contributed by atoms with E-state index in [1.165, 1.54) is 0 Å². The first-order valence-electron chi connectivity index (χ1n) is 8.27. The molecule has 3 heterocycles. The van der Waals surface area contributed by atoms with Crippen LogP contribution < -0.4 is 4.90 Å². The minimum atomic E-state index is -0.441. The van der Waals surface area contributed by atoms with Gasteiger partial charge in [0.05, 0.1) is 24.9 Å². The van der Waals surface area contributed by atoms with E-state index in [-0.39, 0.29) is 0 Å². The smallest absolute Gasteiger partial charge is 0.143 e. The molecular weight excluding hydrogens is 314 g/mol. The van der Waals surface area contributed by atoms with Gasteiger partial charge in [-0.1, -0.05) is 18.2 Å². The van der Waals surface area contributed by atoms with E-state index < -0.39 is 5.60 Å². The van der Waals surface area contributed by atoms with E-state index in [0.717, 1.165) is 28.7 Å². The van der Waals surface area contributed by atoms with Crippen molar-refractivity contribution >= 4 is 16.6 Å². The number of rotatable bonds is 2. The van der Waals surface area contributed by atoms with Crippen molar-refractivity contribution in [1.82, 2.24) is 14.8 Å². The highest BCUT2D eigenvalue weighted by Gasteiger charge is 2.35. The molecule has 1 fully saturated rings. The molecule has 1 atom stereocenters. The highest BCUT2D eigenvalue weighted by Crippen LogP contribution is 2.34. The summed E-state index contributed by atoms with van der Waals surface area (Å²) in [6.07, 6.45) is 3.85. The average molecular weight is 333 g/mol. The second-order valence-electron chi connectivity index (χ2n) is 6.56. The van der Waals surface area contributed by atoms with Crippen molar-refractivity contribution in [3.63, 3.8) is 0 Å². The number of anilines is 1. The zero-order valence-electron chi connectivity index (χ0n) is 14.3. The topological polar surface area (TPSA) is 67.0 Å². The Morgan fingerprint density at radius 1 is 1.32 bits per heavy atom. The largest absolute Gasteiger partial charge is 0.367 e. The molecule has 6 nitrogen and oxygen atoms in total. The lowest BCUT2D eigenvalue weighted by Crippen LogP contribution is -2.48. The summed E-state index contributed by atoms with van der Waals surface area (Å²) in [4.78, 5) is 6.69. The van der Waals surface area contributed by atoms with Gasteiger partial charge in [-0.05, 0) is 19.1 Å². The van der Waals surface area contributed by atoms with Crippen molar-refractivity contribution in [1.29, 1.82) is 5.26 Å². The maximum Gasteiger partial charge on any atom is 0.143 e. The summed E-state index contributed by atoms with van der Waals surface area (Å²) in [5, 5.41) is 14.7. The molecule has 0 aliphatic carbocycles. The average Bonchev–Trinajstić information content (AvgIpc) is 3.08. The number of fused-ring (bicyclic) bond motifs is 1. The van der Waals surface area contributed by atoms with Gasteiger partial charge in [-0.2, -0.15) is 10.4 Å². The van der Waals surface area contributed by atoms with Crippen LogP contribution in [0.5, 0.6) is 0 Å². The molecule has 1 aliphatic rings. The molecule has 0 spiro atoms. The van der Waals surface area contributed by atoms with Gasteiger partial charge < -0.3 is 9.64 Å². The van der Waals surface area contributed by atoms with Crippen LogP contribution in [0.2, 0.25) is 0 Å². The second kappa shape index (κ2) is 5.87. The first-order chi connectivity index (χ1) is 12.1. The number of nitrogens with zero attached hydrogens (tertiary/aromatic N) is 5. The number of morpholine rings is 1. The van der Waals surface area contributed by atoms with Gasteiger partial charge in [-0.25, -0.2) is 4.98 Å². The Labute approximate surface area is 146 Å². The van der Waals surface area contributed by atoms with Gasteiger partial charge in [0.1, 0.15) is 17.4 Å². The third-order valence-electron chi connectivity index (χ3n) is 4.74. The number of hydrogen-bond acceptors (Lipinski definition) is 5. The predicted molar refractivity (Wildman–Crippen MR) is 95.2 cm³/mol. The Bertz CT molecular complexity index is 973. The monoisotopic (exact) mass is 333 g/mol. The highest BCUT2D eigenvalue weighted by molar-refractivity contribution is 5.92. The molecule has 25 heavy (non-hydrogen) atoms. The fourth-order valence-electron chi connectivity index (χ4n) is 3.42. The predicted octanol–water partition coefficient (Wildman–Crippen LogP) is 2.59. The maximum atomic E-state index is 9.34. The minimum Gasteiger partial charge on any atom is -0.367 e. The zero-order valence-corrected chi connectivity index (χ0v) is 14.3. The molecule has 1 saturated heterocycles. The number of nitriles is 1. The van der Waals surface area contributed by atoms with E-state index in [2.05, 4.69) is 34.0 Å². The normalized spacial score (nSPS) is 20.6. The molecule has 0 amide bonds. The third-order valence-corrected chi connectivity index (χ3v) is 4.74. The van der Waals surface area contributed by atoms with E-state index in [1.54, 1.807) is 4.68 Å². The van der Waals surface area contributed by atoms with Crippen LogP contribution in [0, 0.1) is 11.3 Å². The number of aryl methyl sites for hydroxylation is 1. The summed E-state index contributed by atoms with van der Waals surface area (Å²) in [6.45, 7) is 4.17. The Balaban J connectivity index is 1.77. The Morgan fingerprint density at radius 3 is 2.92 bits per heavy atom. The van der Waals surface area contributed by atoms with Crippen molar-refractivity contribution < 1.29 is 4.74 Å². The minimum absolute atomic E-state index is 0.434. The van der Waals surface area contributed by atoms with E-state index >= 15 is 0 Å². The van der Waals surface area contributed by atoms with Crippen LogP contribution in [0.1, 0.15) is 18.2 Å². The van der Waals surface area contributed by atoms with Gasteiger partial charge in [-0.3, -0.25) is 4.68 Å². The second-order valence-corrected chi connectivity index (χ2v) is 6.56. The van der Waals surface area contributed by atoms with Gasteiger partial charge >= 0.3 is 0 Å². The SMILES string of the molecule is Cn1cc(C2(C)CN(c3cc(C#N)nc4ccccc34)CCO2)cn1. The van der Waals surface area contributed by atoms with Crippen molar-refractivity contribution in [3.05, 3.63) is 54.0 Å². The molecule has 126 valence electrons. The van der Waals surface area contributed by atoms with Crippen LogP contribution in [0.3, 0.4) is 0 Å². The number of pyridine rings is 1. The standard InChI is InChI=1S/C19H19N5O/c1-19(14-11-21-23(2)12-14)13-24(7-8-25-19)18-9-15(10-20)22-17-6-4-3-5-16(17)18/h3-6,9,11-12H,7-8,13H2,1-2H3. The van der Waals surface area contributed by atoms with Crippen LogP contribution in [0.15, 0.2) is 42.7 Å². The molecule has 3 aromatic rings. The molecule has 1 aliphatic heterocycles. The number of aromatic nitrogens is 3. The van der Waals surface area contributed by atoms with Gasteiger partial charge in [0, 0.05) is 36.4 Å². The molecule has 0 radical (unpaired) electrons. The molecule has 6 heteroatoms. The molecule has 2 aromatic heterocycles. The summed E-state index contributed by atoms with van der Waals surface area (Å²) in [6, 6.07) is 12.0. The van der Waals surface area contributed by atoms with Crippen LogP contribution in [0.25, 0.3) is 10.9 Å². The van der Waals surface area contributed by atoms with Gasteiger partial charge in [0.15, 0.2) is 0 Å². The van der Waals surface area contributed by atoms with Crippen molar-refractivity contribution in [2.45, 2.75) is 12.5 Å². The first-order valence-corrected chi connectivity index (χ1v) is 8.27. The summed E-state index contributed by atoms with van der Waals surface area (Å²) in [7, 11) is 1.91. The van der Waals surface area contributed by atoms with Crippen molar-refractivity contribution in [2.24, 2.45) is 7.05 Å². The van der Waals surface area contributed by atoms with E-state index in [0.29, 0.717) is 18.8 Å². The summed E-state index contributed by atoms with van der Waals surface area (Å²) in [5.41, 5.74) is 2.91. The summed E-state index contributed by atoms with van der Waals surface area (Å²) in [5.74, 6) is 0.